The molecule has 17 heavy (non-hydrogen) atoms. The lowest BCUT2D eigenvalue weighted by molar-refractivity contribution is 0.609. The van der Waals surface area contributed by atoms with Crippen LogP contribution >= 0.6 is 22.3 Å². The first-order chi connectivity index (χ1) is 7.97. The van der Waals surface area contributed by atoms with Crippen molar-refractivity contribution in [2.45, 2.75) is 4.90 Å². The summed E-state index contributed by atoms with van der Waals surface area (Å²) in [5.41, 5.74) is 1.87. The SMILES string of the molecule is O=S(=O)(Cl)c1ccc(-c2ccc(Cl)cc2)cc1. The molecule has 0 saturated heterocycles. The van der Waals surface area contributed by atoms with Crippen LogP contribution in [0.15, 0.2) is 53.4 Å². The van der Waals surface area contributed by atoms with E-state index < -0.39 is 9.05 Å². The van der Waals surface area contributed by atoms with Crippen LogP contribution in [0.3, 0.4) is 0 Å². The van der Waals surface area contributed by atoms with Crippen LogP contribution in [0.25, 0.3) is 11.1 Å². The minimum absolute atomic E-state index is 0.0943. The number of benzene rings is 2. The van der Waals surface area contributed by atoms with Gasteiger partial charge in [0.1, 0.15) is 0 Å². The lowest BCUT2D eigenvalue weighted by atomic mass is 10.1. The van der Waals surface area contributed by atoms with Gasteiger partial charge in [-0.3, -0.25) is 0 Å². The second-order valence-corrected chi connectivity index (χ2v) is 6.47. The van der Waals surface area contributed by atoms with E-state index in [1.165, 1.54) is 12.1 Å². The summed E-state index contributed by atoms with van der Waals surface area (Å²) in [6.45, 7) is 0. The molecule has 2 aromatic carbocycles. The summed E-state index contributed by atoms with van der Waals surface area (Å²) in [6.07, 6.45) is 0. The Labute approximate surface area is 109 Å². The molecule has 0 spiro atoms. The first-order valence-corrected chi connectivity index (χ1v) is 7.46. The van der Waals surface area contributed by atoms with Crippen molar-refractivity contribution in [3.05, 3.63) is 53.6 Å². The molecule has 0 amide bonds. The molecular weight excluding hydrogens is 279 g/mol. The van der Waals surface area contributed by atoms with E-state index in [4.69, 9.17) is 22.3 Å². The molecule has 5 heteroatoms. The highest BCUT2D eigenvalue weighted by molar-refractivity contribution is 8.13. The summed E-state index contributed by atoms with van der Waals surface area (Å²) in [6, 6.07) is 13.7. The van der Waals surface area contributed by atoms with Crippen LogP contribution in [-0.4, -0.2) is 8.42 Å². The van der Waals surface area contributed by atoms with Gasteiger partial charge >= 0.3 is 0 Å². The molecule has 0 fully saturated rings. The molecule has 0 aliphatic heterocycles. The quantitative estimate of drug-likeness (QED) is 0.784. The minimum Gasteiger partial charge on any atom is -0.207 e. The molecule has 0 aliphatic rings. The maximum absolute atomic E-state index is 11.1. The summed E-state index contributed by atoms with van der Waals surface area (Å²) < 4.78 is 22.1. The number of rotatable bonds is 2. The molecule has 0 unspecified atom stereocenters. The van der Waals surface area contributed by atoms with Crippen molar-refractivity contribution in [3.63, 3.8) is 0 Å². The van der Waals surface area contributed by atoms with E-state index in [0.29, 0.717) is 5.02 Å². The van der Waals surface area contributed by atoms with Gasteiger partial charge in [-0.1, -0.05) is 35.9 Å². The van der Waals surface area contributed by atoms with Gasteiger partial charge in [-0.05, 0) is 35.4 Å². The van der Waals surface area contributed by atoms with Gasteiger partial charge in [0.25, 0.3) is 9.05 Å². The third-order valence-electron chi connectivity index (χ3n) is 2.31. The lowest BCUT2D eigenvalue weighted by Gasteiger charge is -2.02. The van der Waals surface area contributed by atoms with Gasteiger partial charge in [-0.15, -0.1) is 0 Å². The highest BCUT2D eigenvalue weighted by Crippen LogP contribution is 2.24. The van der Waals surface area contributed by atoms with E-state index in [1.807, 2.05) is 12.1 Å². The van der Waals surface area contributed by atoms with Crippen molar-refractivity contribution in [3.8, 4) is 11.1 Å². The Morgan fingerprint density at radius 1 is 0.765 bits per heavy atom. The molecule has 0 N–H and O–H groups in total. The van der Waals surface area contributed by atoms with Crippen LogP contribution in [0.4, 0.5) is 0 Å². The number of hydrogen-bond donors (Lipinski definition) is 0. The zero-order valence-corrected chi connectivity index (χ0v) is 10.9. The van der Waals surface area contributed by atoms with Gasteiger partial charge in [-0.25, -0.2) is 8.42 Å². The van der Waals surface area contributed by atoms with E-state index in [2.05, 4.69) is 0 Å². The zero-order valence-electron chi connectivity index (χ0n) is 8.60. The van der Waals surface area contributed by atoms with E-state index in [0.717, 1.165) is 11.1 Å². The smallest absolute Gasteiger partial charge is 0.207 e. The predicted molar refractivity (Wildman–Crippen MR) is 69.9 cm³/mol. The summed E-state index contributed by atoms with van der Waals surface area (Å²) >= 11 is 5.79. The standard InChI is InChI=1S/C12H8Cl2O2S/c13-11-5-1-9(2-6-11)10-3-7-12(8-4-10)17(14,15)16/h1-8H. The van der Waals surface area contributed by atoms with E-state index in [9.17, 15) is 8.42 Å². The van der Waals surface area contributed by atoms with Crippen molar-refractivity contribution < 1.29 is 8.42 Å². The Morgan fingerprint density at radius 3 is 1.59 bits per heavy atom. The van der Waals surface area contributed by atoms with Crippen LogP contribution in [0.5, 0.6) is 0 Å². The van der Waals surface area contributed by atoms with Crippen LogP contribution in [0, 0.1) is 0 Å². The summed E-state index contributed by atoms with van der Waals surface area (Å²) in [7, 11) is 1.58. The minimum atomic E-state index is -3.66. The molecule has 2 aromatic rings. The Morgan fingerprint density at radius 2 is 1.18 bits per heavy atom. The number of hydrogen-bond acceptors (Lipinski definition) is 2. The molecule has 0 saturated carbocycles. The average molecular weight is 287 g/mol. The van der Waals surface area contributed by atoms with Gasteiger partial charge in [-0.2, -0.15) is 0 Å². The first kappa shape index (κ1) is 12.4. The topological polar surface area (TPSA) is 34.1 Å². The van der Waals surface area contributed by atoms with Crippen molar-refractivity contribution >= 4 is 31.3 Å². The molecule has 2 nitrogen and oxygen atoms in total. The van der Waals surface area contributed by atoms with Crippen molar-refractivity contribution in [1.29, 1.82) is 0 Å². The molecule has 88 valence electrons. The maximum atomic E-state index is 11.1. The largest absolute Gasteiger partial charge is 0.261 e. The normalized spacial score (nSPS) is 11.4. The molecule has 0 radical (unpaired) electrons. The van der Waals surface area contributed by atoms with Crippen LogP contribution in [0.2, 0.25) is 5.02 Å². The molecule has 0 bridgehead atoms. The van der Waals surface area contributed by atoms with Gasteiger partial charge in [0.05, 0.1) is 4.90 Å². The highest BCUT2D eigenvalue weighted by Gasteiger charge is 2.09. The van der Waals surface area contributed by atoms with Crippen LogP contribution < -0.4 is 0 Å². The van der Waals surface area contributed by atoms with E-state index in [1.54, 1.807) is 24.3 Å². The highest BCUT2D eigenvalue weighted by atomic mass is 35.7. The third-order valence-corrected chi connectivity index (χ3v) is 3.94. The average Bonchev–Trinajstić information content (AvgIpc) is 2.29. The van der Waals surface area contributed by atoms with Crippen LogP contribution in [0.1, 0.15) is 0 Å². The van der Waals surface area contributed by atoms with Gasteiger partial charge < -0.3 is 0 Å². The Balaban J connectivity index is 2.39. The molecule has 0 aromatic heterocycles. The third kappa shape index (κ3) is 3.00. The molecule has 0 atom stereocenters. The van der Waals surface area contributed by atoms with Gasteiger partial charge in [0.2, 0.25) is 0 Å². The Bertz CT molecular complexity index is 617. The fourth-order valence-electron chi connectivity index (χ4n) is 1.45. The van der Waals surface area contributed by atoms with E-state index in [-0.39, 0.29) is 4.90 Å². The number of halogens is 2. The molecule has 0 aliphatic carbocycles. The van der Waals surface area contributed by atoms with Gasteiger partial charge in [0.15, 0.2) is 0 Å². The monoisotopic (exact) mass is 286 g/mol. The zero-order chi connectivity index (χ0) is 12.5. The Kier molecular flexibility index (Phi) is 3.43. The van der Waals surface area contributed by atoms with Crippen molar-refractivity contribution in [1.82, 2.24) is 0 Å². The fourth-order valence-corrected chi connectivity index (χ4v) is 2.35. The van der Waals surface area contributed by atoms with E-state index >= 15 is 0 Å². The summed E-state index contributed by atoms with van der Waals surface area (Å²) in [5.74, 6) is 0. The maximum Gasteiger partial charge on any atom is 0.261 e. The summed E-state index contributed by atoms with van der Waals surface area (Å²) in [5, 5.41) is 0.661. The molecule has 2 rings (SSSR count). The van der Waals surface area contributed by atoms with Gasteiger partial charge in [0, 0.05) is 15.7 Å². The Hall–Kier alpha value is -1.03. The molecule has 0 heterocycles. The lowest BCUT2D eigenvalue weighted by Crippen LogP contribution is -1.89. The van der Waals surface area contributed by atoms with Crippen molar-refractivity contribution in [2.24, 2.45) is 0 Å². The predicted octanol–water partition coefficient (Wildman–Crippen LogP) is 3.93. The second kappa shape index (κ2) is 4.69. The first-order valence-electron chi connectivity index (χ1n) is 4.77. The van der Waals surface area contributed by atoms with Crippen molar-refractivity contribution in [2.75, 3.05) is 0 Å². The van der Waals surface area contributed by atoms with Crippen LogP contribution in [-0.2, 0) is 9.05 Å². The second-order valence-electron chi connectivity index (χ2n) is 3.47. The fraction of sp³-hybridized carbons (Fsp3) is 0. The summed E-state index contributed by atoms with van der Waals surface area (Å²) in [4.78, 5) is 0.0943. The molecular formula is C12H8Cl2O2S.